The van der Waals surface area contributed by atoms with Crippen molar-refractivity contribution < 1.29 is 31.9 Å². The Hall–Kier alpha value is -4.12. The summed E-state index contributed by atoms with van der Waals surface area (Å²) in [5.74, 6) is -1.56. The number of anilines is 1. The van der Waals surface area contributed by atoms with Crippen molar-refractivity contribution in [2.45, 2.75) is 39.4 Å². The maximum absolute atomic E-state index is 16.2. The quantitative estimate of drug-likeness (QED) is 0.477. The summed E-state index contributed by atoms with van der Waals surface area (Å²) in [4.78, 5) is 26.0. The highest BCUT2D eigenvalue weighted by Gasteiger charge is 2.38. The molecule has 2 amide bonds. The SMILES string of the molecule is CC(C)(C)OC(=O)N1CC=C(c2ccc3cc(OCc4ccccc4)c(N4CC(=O)NS4(=O)=O)c(F)c3c2)CC1. The van der Waals surface area contributed by atoms with Crippen LogP contribution in [0, 0.1) is 5.82 Å². The van der Waals surface area contributed by atoms with Crippen LogP contribution in [0.3, 0.4) is 0 Å². The molecule has 0 saturated carbocycles. The van der Waals surface area contributed by atoms with Crippen LogP contribution >= 0.6 is 0 Å². The largest absolute Gasteiger partial charge is 0.487 e. The molecule has 0 bridgehead atoms. The van der Waals surface area contributed by atoms with E-state index in [1.165, 1.54) is 0 Å². The maximum atomic E-state index is 16.2. The van der Waals surface area contributed by atoms with E-state index in [1.807, 2.05) is 68.0 Å². The van der Waals surface area contributed by atoms with Crippen LogP contribution in [-0.4, -0.2) is 50.6 Å². The van der Waals surface area contributed by atoms with E-state index >= 15 is 4.39 Å². The highest BCUT2D eigenvalue weighted by atomic mass is 32.2. The van der Waals surface area contributed by atoms with Crippen molar-refractivity contribution >= 4 is 44.2 Å². The second-order valence-electron chi connectivity index (χ2n) is 10.7. The standard InChI is InChI=1S/C29H30FN3O6S/c1-29(2,3)39-28(35)32-13-11-20(12-14-32)21-9-10-22-16-24(38-18-19-7-5-4-6-8-19)27(26(30)23(22)15-21)33-17-25(34)31-40(33,36)37/h4-11,15-16H,12-14,17-18H2,1-3H3,(H,31,34). The van der Waals surface area contributed by atoms with E-state index in [0.717, 1.165) is 16.7 Å². The predicted molar refractivity (Wildman–Crippen MR) is 149 cm³/mol. The third-order valence-electron chi connectivity index (χ3n) is 6.56. The maximum Gasteiger partial charge on any atom is 0.410 e. The lowest BCUT2D eigenvalue weighted by atomic mass is 9.96. The molecule has 11 heteroatoms. The Morgan fingerprint density at radius 3 is 2.48 bits per heavy atom. The Labute approximate surface area is 232 Å². The highest BCUT2D eigenvalue weighted by Crippen LogP contribution is 2.40. The van der Waals surface area contributed by atoms with Gasteiger partial charge in [-0.2, -0.15) is 8.42 Å². The molecule has 0 aliphatic carbocycles. The van der Waals surface area contributed by atoms with Gasteiger partial charge in [-0.25, -0.2) is 18.2 Å². The van der Waals surface area contributed by atoms with Crippen LogP contribution in [0.4, 0.5) is 14.9 Å². The van der Waals surface area contributed by atoms with Crippen LogP contribution in [-0.2, 0) is 26.3 Å². The molecule has 1 N–H and O–H groups in total. The molecule has 2 aliphatic rings. The van der Waals surface area contributed by atoms with E-state index < -0.39 is 40.2 Å². The first-order valence-corrected chi connectivity index (χ1v) is 14.3. The van der Waals surface area contributed by atoms with Crippen molar-refractivity contribution in [2.75, 3.05) is 23.9 Å². The van der Waals surface area contributed by atoms with Gasteiger partial charge >= 0.3 is 16.3 Å². The van der Waals surface area contributed by atoms with Gasteiger partial charge in [0.2, 0.25) is 0 Å². The zero-order chi connectivity index (χ0) is 28.7. The van der Waals surface area contributed by atoms with Crippen molar-refractivity contribution in [1.29, 1.82) is 0 Å². The molecular formula is C29H30FN3O6S. The smallest absolute Gasteiger partial charge is 0.410 e. The number of hydrogen-bond acceptors (Lipinski definition) is 6. The second kappa shape index (κ2) is 10.5. The summed E-state index contributed by atoms with van der Waals surface area (Å²) in [7, 11) is -4.29. The average Bonchev–Trinajstić information content (AvgIpc) is 3.18. The molecule has 2 aliphatic heterocycles. The van der Waals surface area contributed by atoms with Gasteiger partial charge in [-0.3, -0.25) is 4.79 Å². The Bertz CT molecular complexity index is 1620. The molecule has 0 spiro atoms. The molecule has 3 aromatic carbocycles. The fraction of sp³-hybridized carbons (Fsp3) is 0.310. The normalized spacial score (nSPS) is 17.0. The number of nitrogens with zero attached hydrogens (tertiary/aromatic N) is 2. The lowest BCUT2D eigenvalue weighted by Crippen LogP contribution is -2.39. The van der Waals surface area contributed by atoms with E-state index in [4.69, 9.17) is 9.47 Å². The Kier molecular flexibility index (Phi) is 7.17. The van der Waals surface area contributed by atoms with Gasteiger partial charge in [0.25, 0.3) is 5.91 Å². The van der Waals surface area contributed by atoms with Gasteiger partial charge in [-0.05, 0) is 61.4 Å². The summed E-state index contributed by atoms with van der Waals surface area (Å²) in [5, 5.41) is 0.695. The molecule has 0 atom stereocenters. The molecule has 2 heterocycles. The van der Waals surface area contributed by atoms with Crippen LogP contribution in [0.15, 0.2) is 60.7 Å². The third kappa shape index (κ3) is 5.74. The number of benzene rings is 3. The van der Waals surface area contributed by atoms with Crippen LogP contribution in [0.25, 0.3) is 16.3 Å². The zero-order valence-electron chi connectivity index (χ0n) is 22.4. The number of fused-ring (bicyclic) bond motifs is 1. The summed E-state index contributed by atoms with van der Waals surface area (Å²) in [5.41, 5.74) is 1.57. The first-order chi connectivity index (χ1) is 18.9. The first kappa shape index (κ1) is 27.4. The summed E-state index contributed by atoms with van der Waals surface area (Å²) < 4.78 is 55.6. The lowest BCUT2D eigenvalue weighted by Gasteiger charge is -2.29. The zero-order valence-corrected chi connectivity index (χ0v) is 23.3. The van der Waals surface area contributed by atoms with Crippen molar-refractivity contribution in [3.05, 3.63) is 77.6 Å². The van der Waals surface area contributed by atoms with Crippen molar-refractivity contribution in [2.24, 2.45) is 0 Å². The molecule has 1 fully saturated rings. The molecule has 0 aromatic heterocycles. The predicted octanol–water partition coefficient (Wildman–Crippen LogP) is 4.76. The van der Waals surface area contributed by atoms with Crippen LogP contribution in [0.2, 0.25) is 0 Å². The fourth-order valence-corrected chi connectivity index (χ4v) is 5.82. The minimum atomic E-state index is -4.29. The second-order valence-corrected chi connectivity index (χ2v) is 12.3. The Morgan fingerprint density at radius 1 is 1.10 bits per heavy atom. The first-order valence-electron chi connectivity index (χ1n) is 12.8. The molecule has 1 saturated heterocycles. The number of carbonyl (C=O) groups is 2. The molecule has 3 aromatic rings. The van der Waals surface area contributed by atoms with Crippen molar-refractivity contribution in [1.82, 2.24) is 9.62 Å². The number of halogens is 1. The van der Waals surface area contributed by atoms with E-state index in [1.54, 1.807) is 23.1 Å². The highest BCUT2D eigenvalue weighted by molar-refractivity contribution is 7.92. The van der Waals surface area contributed by atoms with E-state index in [-0.39, 0.29) is 23.4 Å². The number of nitrogens with one attached hydrogen (secondary N) is 1. The number of carbonyl (C=O) groups excluding carboxylic acids is 2. The summed E-state index contributed by atoms with van der Waals surface area (Å²) in [6.45, 7) is 5.74. The number of amides is 2. The van der Waals surface area contributed by atoms with Gasteiger partial charge in [0, 0.05) is 18.5 Å². The summed E-state index contributed by atoms with van der Waals surface area (Å²) in [6.07, 6.45) is 2.05. The molecule has 0 unspecified atom stereocenters. The van der Waals surface area contributed by atoms with Gasteiger partial charge < -0.3 is 14.4 Å². The summed E-state index contributed by atoms with van der Waals surface area (Å²) in [6, 6.07) is 16.0. The van der Waals surface area contributed by atoms with E-state index in [9.17, 15) is 18.0 Å². The van der Waals surface area contributed by atoms with Gasteiger partial charge in [0.05, 0.1) is 0 Å². The van der Waals surface area contributed by atoms with Gasteiger partial charge in [0.1, 0.15) is 30.2 Å². The number of hydrogen-bond donors (Lipinski definition) is 1. The fourth-order valence-electron chi connectivity index (χ4n) is 4.66. The molecule has 5 rings (SSSR count). The van der Waals surface area contributed by atoms with Gasteiger partial charge in [-0.15, -0.1) is 0 Å². The van der Waals surface area contributed by atoms with Crippen LogP contribution in [0.1, 0.15) is 38.3 Å². The number of rotatable bonds is 5. The van der Waals surface area contributed by atoms with Crippen LogP contribution in [0.5, 0.6) is 5.75 Å². The molecular weight excluding hydrogens is 537 g/mol. The lowest BCUT2D eigenvalue weighted by molar-refractivity contribution is -0.117. The Balaban J connectivity index is 1.50. The number of ether oxygens (including phenoxy) is 2. The van der Waals surface area contributed by atoms with Crippen LogP contribution < -0.4 is 13.8 Å². The topological polar surface area (TPSA) is 105 Å². The van der Waals surface area contributed by atoms with E-state index in [2.05, 4.69) is 0 Å². The minimum absolute atomic E-state index is 0.00608. The molecule has 40 heavy (non-hydrogen) atoms. The van der Waals surface area contributed by atoms with Crippen molar-refractivity contribution in [3.63, 3.8) is 0 Å². The third-order valence-corrected chi connectivity index (χ3v) is 7.93. The Morgan fingerprint density at radius 2 is 1.85 bits per heavy atom. The monoisotopic (exact) mass is 567 g/mol. The molecule has 9 nitrogen and oxygen atoms in total. The minimum Gasteiger partial charge on any atom is -0.487 e. The average molecular weight is 568 g/mol. The molecule has 0 radical (unpaired) electrons. The van der Waals surface area contributed by atoms with Crippen molar-refractivity contribution in [3.8, 4) is 5.75 Å². The van der Waals surface area contributed by atoms with Gasteiger partial charge in [0.15, 0.2) is 5.82 Å². The van der Waals surface area contributed by atoms with E-state index in [0.29, 0.717) is 29.2 Å². The summed E-state index contributed by atoms with van der Waals surface area (Å²) >= 11 is 0. The molecule has 210 valence electrons. The van der Waals surface area contributed by atoms with Gasteiger partial charge in [-0.1, -0.05) is 48.5 Å².